The van der Waals surface area contributed by atoms with E-state index in [1.165, 1.54) is 0 Å². The molecule has 4 rings (SSSR count). The van der Waals surface area contributed by atoms with Crippen LogP contribution in [0.3, 0.4) is 0 Å². The van der Waals surface area contributed by atoms with Gasteiger partial charge in [-0.05, 0) is 36.8 Å². The van der Waals surface area contributed by atoms with Gasteiger partial charge in [0, 0.05) is 19.0 Å². The van der Waals surface area contributed by atoms with Crippen molar-refractivity contribution in [3.8, 4) is 0 Å². The van der Waals surface area contributed by atoms with E-state index in [-0.39, 0.29) is 11.8 Å². The zero-order valence-electron chi connectivity index (χ0n) is 12.7. The molecule has 1 N–H and O–H groups in total. The summed E-state index contributed by atoms with van der Waals surface area (Å²) < 4.78 is 5.42. The number of ether oxygens (including phenoxy) is 1. The summed E-state index contributed by atoms with van der Waals surface area (Å²) in [5.41, 5.74) is 2.04. The molecule has 1 aromatic rings. The van der Waals surface area contributed by atoms with Crippen LogP contribution in [0.4, 0.5) is 11.4 Å². The van der Waals surface area contributed by atoms with Gasteiger partial charge >= 0.3 is 0 Å². The fraction of sp³-hybridized carbons (Fsp3) is 0.500. The van der Waals surface area contributed by atoms with Gasteiger partial charge in [-0.3, -0.25) is 4.79 Å². The molecule has 2 aliphatic carbocycles. The van der Waals surface area contributed by atoms with Crippen molar-refractivity contribution in [2.24, 2.45) is 17.8 Å². The number of nitrogens with zero attached hydrogens (tertiary/aromatic N) is 1. The number of anilines is 2. The summed E-state index contributed by atoms with van der Waals surface area (Å²) in [7, 11) is 0. The Morgan fingerprint density at radius 3 is 2.68 bits per heavy atom. The van der Waals surface area contributed by atoms with E-state index in [1.54, 1.807) is 0 Å². The molecule has 1 heterocycles. The first-order chi connectivity index (χ1) is 10.8. The first-order valence-corrected chi connectivity index (χ1v) is 8.22. The number of benzene rings is 1. The highest BCUT2D eigenvalue weighted by atomic mass is 16.5. The topological polar surface area (TPSA) is 41.6 Å². The van der Waals surface area contributed by atoms with E-state index in [9.17, 15) is 4.79 Å². The Hall–Kier alpha value is -1.81. The van der Waals surface area contributed by atoms with Crippen LogP contribution in [0, 0.1) is 17.8 Å². The predicted molar refractivity (Wildman–Crippen MR) is 86.9 cm³/mol. The van der Waals surface area contributed by atoms with Gasteiger partial charge in [0.25, 0.3) is 0 Å². The van der Waals surface area contributed by atoms with Crippen molar-refractivity contribution in [2.45, 2.75) is 12.8 Å². The highest BCUT2D eigenvalue weighted by Gasteiger charge is 2.39. The van der Waals surface area contributed by atoms with Crippen LogP contribution < -0.4 is 10.2 Å². The summed E-state index contributed by atoms with van der Waals surface area (Å²) in [6, 6.07) is 8.11. The minimum Gasteiger partial charge on any atom is -0.378 e. The molecule has 1 amide bonds. The average molecular weight is 298 g/mol. The van der Waals surface area contributed by atoms with E-state index in [2.05, 4.69) is 28.4 Å². The average Bonchev–Trinajstić information content (AvgIpc) is 3.19. The van der Waals surface area contributed by atoms with Gasteiger partial charge in [0.05, 0.1) is 24.6 Å². The summed E-state index contributed by atoms with van der Waals surface area (Å²) in [4.78, 5) is 14.9. The molecule has 0 radical (unpaired) electrons. The molecule has 3 atom stereocenters. The number of amides is 1. The lowest BCUT2D eigenvalue weighted by Gasteiger charge is -2.31. The number of carbonyl (C=O) groups is 1. The molecular formula is C18H22N2O2. The van der Waals surface area contributed by atoms with Crippen molar-refractivity contribution in [3.63, 3.8) is 0 Å². The van der Waals surface area contributed by atoms with Gasteiger partial charge in [-0.15, -0.1) is 0 Å². The van der Waals surface area contributed by atoms with Gasteiger partial charge in [0.15, 0.2) is 0 Å². The number of allylic oxidation sites excluding steroid dienone is 2. The number of morpholine rings is 1. The third kappa shape index (κ3) is 2.52. The van der Waals surface area contributed by atoms with Gasteiger partial charge in [0.1, 0.15) is 0 Å². The number of hydrogen-bond acceptors (Lipinski definition) is 3. The standard InChI is InChI=1S/C18H22N2O2/c21-18(15-12-13-5-6-14(15)11-13)19-16-3-1-2-4-17(16)20-7-9-22-10-8-20/h1-6,13-15H,7-12H2,(H,19,21). The molecule has 1 saturated heterocycles. The summed E-state index contributed by atoms with van der Waals surface area (Å²) in [5, 5.41) is 3.18. The van der Waals surface area contributed by atoms with Crippen LogP contribution in [0.2, 0.25) is 0 Å². The molecule has 22 heavy (non-hydrogen) atoms. The van der Waals surface area contributed by atoms with Crippen LogP contribution in [-0.2, 0) is 9.53 Å². The van der Waals surface area contributed by atoms with Crippen molar-refractivity contribution in [2.75, 3.05) is 36.5 Å². The van der Waals surface area contributed by atoms with E-state index in [4.69, 9.17) is 4.74 Å². The summed E-state index contributed by atoms with van der Waals surface area (Å²) in [5.74, 6) is 1.39. The third-order valence-corrected chi connectivity index (χ3v) is 5.13. The van der Waals surface area contributed by atoms with Crippen molar-refractivity contribution in [1.82, 2.24) is 0 Å². The highest BCUT2D eigenvalue weighted by molar-refractivity contribution is 5.96. The lowest BCUT2D eigenvalue weighted by atomic mass is 9.92. The highest BCUT2D eigenvalue weighted by Crippen LogP contribution is 2.44. The maximum Gasteiger partial charge on any atom is 0.228 e. The number of para-hydroxylation sites is 2. The van der Waals surface area contributed by atoms with Crippen LogP contribution in [0.25, 0.3) is 0 Å². The molecule has 2 fully saturated rings. The minimum absolute atomic E-state index is 0.146. The number of rotatable bonds is 3. The summed E-state index contributed by atoms with van der Waals surface area (Å²) >= 11 is 0. The van der Waals surface area contributed by atoms with Crippen LogP contribution in [0.15, 0.2) is 36.4 Å². The second-order valence-corrected chi connectivity index (χ2v) is 6.49. The van der Waals surface area contributed by atoms with E-state index in [0.29, 0.717) is 11.8 Å². The smallest absolute Gasteiger partial charge is 0.228 e. The molecule has 0 spiro atoms. The molecule has 4 nitrogen and oxygen atoms in total. The zero-order valence-corrected chi connectivity index (χ0v) is 12.7. The second-order valence-electron chi connectivity index (χ2n) is 6.49. The van der Waals surface area contributed by atoms with Gasteiger partial charge in [-0.1, -0.05) is 24.3 Å². The first kappa shape index (κ1) is 13.8. The van der Waals surface area contributed by atoms with Crippen LogP contribution >= 0.6 is 0 Å². The zero-order chi connectivity index (χ0) is 14.9. The van der Waals surface area contributed by atoms with E-state index in [0.717, 1.165) is 50.5 Å². The molecule has 4 heteroatoms. The van der Waals surface area contributed by atoms with Crippen molar-refractivity contribution in [1.29, 1.82) is 0 Å². The monoisotopic (exact) mass is 298 g/mol. The van der Waals surface area contributed by atoms with Crippen LogP contribution in [0.5, 0.6) is 0 Å². The predicted octanol–water partition coefficient (Wildman–Crippen LogP) is 2.67. The Morgan fingerprint density at radius 2 is 1.95 bits per heavy atom. The number of hydrogen-bond donors (Lipinski definition) is 1. The van der Waals surface area contributed by atoms with Crippen LogP contribution in [-0.4, -0.2) is 32.2 Å². The van der Waals surface area contributed by atoms with Crippen molar-refractivity contribution >= 4 is 17.3 Å². The molecule has 1 saturated carbocycles. The number of nitrogens with one attached hydrogen (secondary N) is 1. The van der Waals surface area contributed by atoms with E-state index >= 15 is 0 Å². The Balaban J connectivity index is 1.50. The van der Waals surface area contributed by atoms with Gasteiger partial charge in [0.2, 0.25) is 5.91 Å². The fourth-order valence-electron chi connectivity index (χ4n) is 3.97. The van der Waals surface area contributed by atoms with Gasteiger partial charge < -0.3 is 15.0 Å². The van der Waals surface area contributed by atoms with Crippen molar-refractivity contribution < 1.29 is 9.53 Å². The maximum absolute atomic E-state index is 12.7. The summed E-state index contributed by atoms with van der Waals surface area (Å²) in [6.45, 7) is 3.26. The molecule has 1 aliphatic heterocycles. The molecule has 3 aliphatic rings. The molecule has 1 aromatic carbocycles. The third-order valence-electron chi connectivity index (χ3n) is 5.13. The number of carbonyl (C=O) groups excluding carboxylic acids is 1. The normalized spacial score (nSPS) is 29.8. The van der Waals surface area contributed by atoms with Gasteiger partial charge in [-0.25, -0.2) is 0 Å². The van der Waals surface area contributed by atoms with Crippen LogP contribution in [0.1, 0.15) is 12.8 Å². The summed E-state index contributed by atoms with van der Waals surface area (Å²) in [6.07, 6.45) is 6.67. The molecule has 3 unspecified atom stereocenters. The maximum atomic E-state index is 12.7. The lowest BCUT2D eigenvalue weighted by Crippen LogP contribution is -2.37. The van der Waals surface area contributed by atoms with Crippen molar-refractivity contribution in [3.05, 3.63) is 36.4 Å². The van der Waals surface area contributed by atoms with Gasteiger partial charge in [-0.2, -0.15) is 0 Å². The van der Waals surface area contributed by atoms with E-state index in [1.807, 2.05) is 18.2 Å². The Morgan fingerprint density at radius 1 is 1.14 bits per heavy atom. The molecular weight excluding hydrogens is 276 g/mol. The molecule has 116 valence electrons. The minimum atomic E-state index is 0.146. The quantitative estimate of drug-likeness (QED) is 0.872. The SMILES string of the molecule is O=C(Nc1ccccc1N1CCOCC1)C1CC2C=CC1C2. The fourth-order valence-corrected chi connectivity index (χ4v) is 3.97. The first-order valence-electron chi connectivity index (χ1n) is 8.22. The second kappa shape index (κ2) is 5.76. The Kier molecular flexibility index (Phi) is 3.62. The Bertz CT molecular complexity index is 593. The number of fused-ring (bicyclic) bond motifs is 2. The molecule has 0 aromatic heterocycles. The van der Waals surface area contributed by atoms with E-state index < -0.39 is 0 Å². The largest absolute Gasteiger partial charge is 0.378 e. The molecule has 2 bridgehead atoms. The lowest BCUT2D eigenvalue weighted by molar-refractivity contribution is -0.120. The Labute approximate surface area is 131 Å².